The Kier molecular flexibility index (Phi) is 5.51. The van der Waals surface area contributed by atoms with Crippen molar-refractivity contribution >= 4 is 0 Å². The molecule has 0 aromatic rings. The van der Waals surface area contributed by atoms with Gasteiger partial charge in [0.15, 0.2) is 0 Å². The van der Waals surface area contributed by atoms with E-state index < -0.39 is 0 Å². The van der Waals surface area contributed by atoms with Gasteiger partial charge in [0.2, 0.25) is 0 Å². The number of ether oxygens (including phenoxy) is 1. The number of hydrogen-bond acceptors (Lipinski definition) is 2. The van der Waals surface area contributed by atoms with E-state index in [1.807, 2.05) is 7.05 Å². The van der Waals surface area contributed by atoms with Gasteiger partial charge in [0, 0.05) is 12.6 Å². The first-order valence-corrected chi connectivity index (χ1v) is 4.95. The predicted molar refractivity (Wildman–Crippen MR) is 53.5 cm³/mol. The molecule has 0 radical (unpaired) electrons. The molecule has 0 saturated carbocycles. The fraction of sp³-hybridized carbons (Fsp3) is 1.00. The highest BCUT2D eigenvalue weighted by Crippen LogP contribution is 2.21. The van der Waals surface area contributed by atoms with Crippen LogP contribution in [0.3, 0.4) is 0 Å². The summed E-state index contributed by atoms with van der Waals surface area (Å²) in [5, 5.41) is 3.30. The third kappa shape index (κ3) is 2.76. The normalized spacial score (nSPS) is 18.8. The minimum Gasteiger partial charge on any atom is -0.374 e. The van der Waals surface area contributed by atoms with Gasteiger partial charge in [-0.2, -0.15) is 0 Å². The highest BCUT2D eigenvalue weighted by Gasteiger charge is 2.30. The fourth-order valence-corrected chi connectivity index (χ4v) is 1.72. The third-order valence-electron chi connectivity index (χ3n) is 2.67. The van der Waals surface area contributed by atoms with Crippen molar-refractivity contribution < 1.29 is 4.74 Å². The second-order valence-electron chi connectivity index (χ2n) is 3.35. The molecular weight excluding hydrogens is 150 g/mol. The quantitative estimate of drug-likeness (QED) is 0.665. The van der Waals surface area contributed by atoms with Crippen molar-refractivity contribution in [2.24, 2.45) is 0 Å². The lowest BCUT2D eigenvalue weighted by atomic mass is 9.91. The van der Waals surface area contributed by atoms with Gasteiger partial charge in [0.25, 0.3) is 0 Å². The predicted octanol–water partition coefficient (Wildman–Crippen LogP) is 2.19. The van der Waals surface area contributed by atoms with Crippen molar-refractivity contribution in [1.82, 2.24) is 5.32 Å². The van der Waals surface area contributed by atoms with Crippen LogP contribution in [0.2, 0.25) is 0 Å². The Balaban J connectivity index is 4.24. The standard InChI is InChI=1S/C10H23NO/c1-6-9(11-5)10(4,7-2)12-8-3/h9,11H,6-8H2,1-5H3. The molecule has 0 amide bonds. The van der Waals surface area contributed by atoms with Crippen LogP contribution in [-0.2, 0) is 4.74 Å². The summed E-state index contributed by atoms with van der Waals surface area (Å²) in [5.74, 6) is 0. The fourth-order valence-electron chi connectivity index (χ4n) is 1.72. The summed E-state index contributed by atoms with van der Waals surface area (Å²) in [5.41, 5.74) is -0.00174. The zero-order valence-corrected chi connectivity index (χ0v) is 9.11. The molecule has 0 aromatic carbocycles. The van der Waals surface area contributed by atoms with E-state index >= 15 is 0 Å². The van der Waals surface area contributed by atoms with Crippen molar-refractivity contribution in [2.75, 3.05) is 13.7 Å². The summed E-state index contributed by atoms with van der Waals surface area (Å²) < 4.78 is 5.76. The average molecular weight is 173 g/mol. The van der Waals surface area contributed by atoms with Gasteiger partial charge in [0.1, 0.15) is 0 Å². The second kappa shape index (κ2) is 5.55. The minimum atomic E-state index is -0.00174. The highest BCUT2D eigenvalue weighted by molar-refractivity contribution is 4.86. The summed E-state index contributed by atoms with van der Waals surface area (Å²) in [6.45, 7) is 9.39. The van der Waals surface area contributed by atoms with Crippen molar-refractivity contribution in [3.63, 3.8) is 0 Å². The van der Waals surface area contributed by atoms with E-state index in [-0.39, 0.29) is 5.60 Å². The average Bonchev–Trinajstić information content (AvgIpc) is 2.07. The van der Waals surface area contributed by atoms with Gasteiger partial charge in [-0.15, -0.1) is 0 Å². The summed E-state index contributed by atoms with van der Waals surface area (Å²) >= 11 is 0. The Morgan fingerprint density at radius 1 is 1.33 bits per heavy atom. The van der Waals surface area contributed by atoms with Gasteiger partial charge in [-0.3, -0.25) is 0 Å². The van der Waals surface area contributed by atoms with Crippen LogP contribution < -0.4 is 5.32 Å². The van der Waals surface area contributed by atoms with Crippen LogP contribution in [0.4, 0.5) is 0 Å². The molecule has 0 fully saturated rings. The van der Waals surface area contributed by atoms with Crippen LogP contribution in [0, 0.1) is 0 Å². The summed E-state index contributed by atoms with van der Waals surface area (Å²) in [6.07, 6.45) is 2.17. The lowest BCUT2D eigenvalue weighted by Gasteiger charge is -2.36. The lowest BCUT2D eigenvalue weighted by molar-refractivity contribution is -0.0542. The molecule has 0 aromatic heterocycles. The molecule has 0 saturated heterocycles. The lowest BCUT2D eigenvalue weighted by Crippen LogP contribution is -2.48. The largest absolute Gasteiger partial charge is 0.374 e. The summed E-state index contributed by atoms with van der Waals surface area (Å²) in [7, 11) is 2.00. The monoisotopic (exact) mass is 173 g/mol. The van der Waals surface area contributed by atoms with E-state index in [4.69, 9.17) is 4.74 Å². The number of nitrogens with one attached hydrogen (secondary N) is 1. The van der Waals surface area contributed by atoms with Gasteiger partial charge in [-0.05, 0) is 33.7 Å². The zero-order valence-electron chi connectivity index (χ0n) is 9.11. The van der Waals surface area contributed by atoms with Crippen molar-refractivity contribution in [2.45, 2.75) is 52.2 Å². The smallest absolute Gasteiger partial charge is 0.0803 e. The van der Waals surface area contributed by atoms with Gasteiger partial charge in [-0.1, -0.05) is 13.8 Å². The number of likely N-dealkylation sites (N-methyl/N-ethyl adjacent to an activating group) is 1. The van der Waals surface area contributed by atoms with Crippen LogP contribution >= 0.6 is 0 Å². The topological polar surface area (TPSA) is 21.3 Å². The molecule has 12 heavy (non-hydrogen) atoms. The molecule has 0 spiro atoms. The van der Waals surface area contributed by atoms with Crippen LogP contribution in [0.1, 0.15) is 40.5 Å². The Hall–Kier alpha value is -0.0800. The Morgan fingerprint density at radius 3 is 2.17 bits per heavy atom. The van der Waals surface area contributed by atoms with E-state index in [1.165, 1.54) is 0 Å². The van der Waals surface area contributed by atoms with Crippen LogP contribution in [0.25, 0.3) is 0 Å². The molecule has 0 rings (SSSR count). The van der Waals surface area contributed by atoms with Gasteiger partial charge in [0.05, 0.1) is 5.60 Å². The Bertz CT molecular complexity index is 112. The second-order valence-corrected chi connectivity index (χ2v) is 3.35. The molecular formula is C10H23NO. The molecule has 2 nitrogen and oxygen atoms in total. The SMILES string of the molecule is CCOC(C)(CC)C(CC)NC. The van der Waals surface area contributed by atoms with Gasteiger partial charge in [-0.25, -0.2) is 0 Å². The van der Waals surface area contributed by atoms with Crippen LogP contribution in [0.15, 0.2) is 0 Å². The maximum absolute atomic E-state index is 5.76. The minimum absolute atomic E-state index is 0.00174. The molecule has 0 aliphatic heterocycles. The van der Waals surface area contributed by atoms with E-state index in [0.29, 0.717) is 6.04 Å². The molecule has 0 aliphatic carbocycles. The number of rotatable bonds is 6. The maximum Gasteiger partial charge on any atom is 0.0803 e. The first-order chi connectivity index (χ1) is 5.64. The van der Waals surface area contributed by atoms with Crippen molar-refractivity contribution in [3.8, 4) is 0 Å². The molecule has 0 heterocycles. The van der Waals surface area contributed by atoms with Crippen molar-refractivity contribution in [1.29, 1.82) is 0 Å². The Morgan fingerprint density at radius 2 is 1.92 bits per heavy atom. The zero-order chi connectivity index (χ0) is 9.61. The first kappa shape index (κ1) is 11.9. The third-order valence-corrected chi connectivity index (χ3v) is 2.67. The molecule has 2 unspecified atom stereocenters. The molecule has 0 aliphatic rings. The molecule has 2 heteroatoms. The van der Waals surface area contributed by atoms with E-state index in [9.17, 15) is 0 Å². The van der Waals surface area contributed by atoms with Crippen molar-refractivity contribution in [3.05, 3.63) is 0 Å². The van der Waals surface area contributed by atoms with Crippen LogP contribution in [0.5, 0.6) is 0 Å². The highest BCUT2D eigenvalue weighted by atomic mass is 16.5. The first-order valence-electron chi connectivity index (χ1n) is 4.95. The van der Waals surface area contributed by atoms with Gasteiger partial charge < -0.3 is 10.1 Å². The Labute approximate surface area is 76.7 Å². The van der Waals surface area contributed by atoms with Crippen LogP contribution in [-0.4, -0.2) is 25.3 Å². The maximum atomic E-state index is 5.76. The van der Waals surface area contributed by atoms with E-state index in [0.717, 1.165) is 19.4 Å². The van der Waals surface area contributed by atoms with Gasteiger partial charge >= 0.3 is 0 Å². The van der Waals surface area contributed by atoms with E-state index in [2.05, 4.69) is 33.0 Å². The molecule has 2 atom stereocenters. The molecule has 0 bridgehead atoms. The van der Waals surface area contributed by atoms with E-state index in [1.54, 1.807) is 0 Å². The summed E-state index contributed by atoms with van der Waals surface area (Å²) in [4.78, 5) is 0. The molecule has 74 valence electrons. The molecule has 1 N–H and O–H groups in total. The summed E-state index contributed by atoms with van der Waals surface area (Å²) in [6, 6.07) is 0.461. The number of hydrogen-bond donors (Lipinski definition) is 1.